The molecule has 0 aromatic heterocycles. The molecule has 0 aliphatic heterocycles. The van der Waals surface area contributed by atoms with Crippen LogP contribution in [0.3, 0.4) is 0 Å². The smallest absolute Gasteiger partial charge is 0.255 e. The van der Waals surface area contributed by atoms with Gasteiger partial charge in [0.25, 0.3) is 11.8 Å². The van der Waals surface area contributed by atoms with Crippen molar-refractivity contribution in [1.29, 1.82) is 0 Å². The number of nitrogens with two attached hydrogens (primary N) is 1. The van der Waals surface area contributed by atoms with Crippen molar-refractivity contribution in [3.63, 3.8) is 0 Å². The van der Waals surface area contributed by atoms with Gasteiger partial charge in [-0.1, -0.05) is 6.07 Å². The van der Waals surface area contributed by atoms with E-state index in [0.717, 1.165) is 0 Å². The standard InChI is InChI=1S/C12H16N2O4/c1-8(17-2)12(16)14-9-4-3-5-10(6-9)18-7-11(13)15/h3-6,8H,7H2,1-2H3,(H2,13,15)(H,14,16). The molecule has 0 fully saturated rings. The summed E-state index contributed by atoms with van der Waals surface area (Å²) in [7, 11) is 1.46. The van der Waals surface area contributed by atoms with Crippen LogP contribution in [0.25, 0.3) is 0 Å². The van der Waals surface area contributed by atoms with Crippen molar-refractivity contribution in [1.82, 2.24) is 0 Å². The van der Waals surface area contributed by atoms with E-state index < -0.39 is 12.0 Å². The Morgan fingerprint density at radius 1 is 1.44 bits per heavy atom. The predicted octanol–water partition coefficient (Wildman–Crippen LogP) is 0.524. The van der Waals surface area contributed by atoms with Gasteiger partial charge in [-0.2, -0.15) is 0 Å². The average Bonchev–Trinajstić information content (AvgIpc) is 2.35. The number of carbonyl (C=O) groups excluding carboxylic acids is 2. The van der Waals surface area contributed by atoms with Gasteiger partial charge in [0.05, 0.1) is 0 Å². The van der Waals surface area contributed by atoms with Gasteiger partial charge >= 0.3 is 0 Å². The zero-order valence-corrected chi connectivity index (χ0v) is 10.3. The lowest BCUT2D eigenvalue weighted by Gasteiger charge is -2.11. The zero-order valence-electron chi connectivity index (χ0n) is 10.3. The van der Waals surface area contributed by atoms with E-state index in [1.54, 1.807) is 31.2 Å². The molecule has 2 amide bonds. The normalized spacial score (nSPS) is 11.7. The minimum atomic E-state index is -0.558. The average molecular weight is 252 g/mol. The summed E-state index contributed by atoms with van der Waals surface area (Å²) in [6.45, 7) is 1.44. The molecule has 0 heterocycles. The summed E-state index contributed by atoms with van der Waals surface area (Å²) in [5.41, 5.74) is 5.53. The van der Waals surface area contributed by atoms with Gasteiger partial charge in [0.2, 0.25) is 0 Å². The Hall–Kier alpha value is -2.08. The number of anilines is 1. The van der Waals surface area contributed by atoms with Crippen LogP contribution in [0.5, 0.6) is 5.75 Å². The fourth-order valence-corrected chi connectivity index (χ4v) is 1.17. The maximum Gasteiger partial charge on any atom is 0.255 e. The van der Waals surface area contributed by atoms with E-state index in [4.69, 9.17) is 15.2 Å². The van der Waals surface area contributed by atoms with Crippen molar-refractivity contribution in [3.05, 3.63) is 24.3 Å². The molecule has 1 rings (SSSR count). The van der Waals surface area contributed by atoms with Gasteiger partial charge < -0.3 is 20.5 Å². The molecule has 98 valence electrons. The van der Waals surface area contributed by atoms with Crippen LogP contribution in [-0.4, -0.2) is 31.6 Å². The fourth-order valence-electron chi connectivity index (χ4n) is 1.17. The third-order valence-electron chi connectivity index (χ3n) is 2.21. The molecule has 0 bridgehead atoms. The maximum atomic E-state index is 11.6. The molecule has 1 atom stereocenters. The molecule has 1 aromatic carbocycles. The number of amides is 2. The van der Waals surface area contributed by atoms with Crippen molar-refractivity contribution in [2.45, 2.75) is 13.0 Å². The highest BCUT2D eigenvalue weighted by atomic mass is 16.5. The van der Waals surface area contributed by atoms with Crippen molar-refractivity contribution >= 4 is 17.5 Å². The Morgan fingerprint density at radius 3 is 2.78 bits per heavy atom. The van der Waals surface area contributed by atoms with E-state index >= 15 is 0 Å². The molecule has 1 unspecified atom stereocenters. The van der Waals surface area contributed by atoms with Crippen LogP contribution >= 0.6 is 0 Å². The number of nitrogens with one attached hydrogen (secondary N) is 1. The van der Waals surface area contributed by atoms with Gasteiger partial charge in [0.1, 0.15) is 11.9 Å². The summed E-state index contributed by atoms with van der Waals surface area (Å²) in [6, 6.07) is 6.67. The van der Waals surface area contributed by atoms with E-state index in [-0.39, 0.29) is 12.5 Å². The highest BCUT2D eigenvalue weighted by molar-refractivity contribution is 5.94. The van der Waals surface area contributed by atoms with Gasteiger partial charge in [-0.3, -0.25) is 9.59 Å². The highest BCUT2D eigenvalue weighted by Gasteiger charge is 2.11. The number of rotatable bonds is 6. The second-order valence-corrected chi connectivity index (χ2v) is 3.65. The lowest BCUT2D eigenvalue weighted by atomic mass is 10.3. The Bertz CT molecular complexity index is 434. The van der Waals surface area contributed by atoms with Crippen LogP contribution in [-0.2, 0) is 14.3 Å². The first-order valence-corrected chi connectivity index (χ1v) is 5.37. The van der Waals surface area contributed by atoms with Gasteiger partial charge in [-0.25, -0.2) is 0 Å². The molecule has 18 heavy (non-hydrogen) atoms. The number of benzene rings is 1. The number of primary amides is 1. The van der Waals surface area contributed by atoms with Crippen molar-refractivity contribution in [2.24, 2.45) is 5.73 Å². The first-order chi connectivity index (χ1) is 8.52. The van der Waals surface area contributed by atoms with Crippen LogP contribution in [0.1, 0.15) is 6.92 Å². The molecule has 0 aliphatic rings. The Kier molecular flexibility index (Phi) is 5.13. The van der Waals surface area contributed by atoms with Gasteiger partial charge in [-0.15, -0.1) is 0 Å². The number of hydrogen-bond donors (Lipinski definition) is 2. The summed E-state index contributed by atoms with van der Waals surface area (Å²) in [5.74, 6) is -0.362. The molecule has 0 spiro atoms. The second kappa shape index (κ2) is 6.61. The molecular formula is C12H16N2O4. The van der Waals surface area contributed by atoms with Crippen molar-refractivity contribution in [2.75, 3.05) is 19.0 Å². The molecular weight excluding hydrogens is 236 g/mol. The van der Waals surface area contributed by atoms with Crippen LogP contribution < -0.4 is 15.8 Å². The molecule has 6 nitrogen and oxygen atoms in total. The van der Waals surface area contributed by atoms with E-state index in [0.29, 0.717) is 11.4 Å². The third-order valence-corrected chi connectivity index (χ3v) is 2.21. The predicted molar refractivity (Wildman–Crippen MR) is 66.2 cm³/mol. The lowest BCUT2D eigenvalue weighted by molar-refractivity contribution is -0.124. The van der Waals surface area contributed by atoms with Crippen LogP contribution in [0.15, 0.2) is 24.3 Å². The highest BCUT2D eigenvalue weighted by Crippen LogP contribution is 2.17. The van der Waals surface area contributed by atoms with E-state index in [2.05, 4.69) is 5.32 Å². The van der Waals surface area contributed by atoms with Crippen molar-refractivity contribution in [3.8, 4) is 5.75 Å². The Balaban J connectivity index is 2.64. The van der Waals surface area contributed by atoms with Crippen molar-refractivity contribution < 1.29 is 19.1 Å². The minimum absolute atomic E-state index is 0.203. The first kappa shape index (κ1) is 14.0. The molecule has 0 saturated carbocycles. The molecule has 1 aromatic rings. The molecule has 3 N–H and O–H groups in total. The summed E-state index contributed by atoms with van der Waals surface area (Å²) in [4.78, 5) is 22.1. The summed E-state index contributed by atoms with van der Waals surface area (Å²) in [5, 5.41) is 2.66. The summed E-state index contributed by atoms with van der Waals surface area (Å²) < 4.78 is 10.0. The number of methoxy groups -OCH3 is 1. The van der Waals surface area contributed by atoms with Crippen LogP contribution in [0.4, 0.5) is 5.69 Å². The van der Waals surface area contributed by atoms with E-state index in [1.807, 2.05) is 0 Å². The molecule has 6 heteroatoms. The SMILES string of the molecule is COC(C)C(=O)Nc1cccc(OCC(N)=O)c1. The molecule has 0 radical (unpaired) electrons. The van der Waals surface area contributed by atoms with Gasteiger partial charge in [-0.05, 0) is 19.1 Å². The first-order valence-electron chi connectivity index (χ1n) is 5.37. The minimum Gasteiger partial charge on any atom is -0.484 e. The van der Waals surface area contributed by atoms with Gasteiger partial charge in [0.15, 0.2) is 6.61 Å². The third kappa shape index (κ3) is 4.42. The van der Waals surface area contributed by atoms with Crippen LogP contribution in [0.2, 0.25) is 0 Å². The number of ether oxygens (including phenoxy) is 2. The molecule has 0 saturated heterocycles. The monoisotopic (exact) mass is 252 g/mol. The summed E-state index contributed by atoms with van der Waals surface area (Å²) >= 11 is 0. The largest absolute Gasteiger partial charge is 0.484 e. The van der Waals surface area contributed by atoms with Crippen LogP contribution in [0, 0.1) is 0 Å². The van der Waals surface area contributed by atoms with E-state index in [9.17, 15) is 9.59 Å². The van der Waals surface area contributed by atoms with E-state index in [1.165, 1.54) is 7.11 Å². The topological polar surface area (TPSA) is 90.7 Å². The quantitative estimate of drug-likeness (QED) is 0.772. The zero-order chi connectivity index (χ0) is 13.5. The number of carbonyl (C=O) groups is 2. The Labute approximate surface area is 105 Å². The second-order valence-electron chi connectivity index (χ2n) is 3.65. The Morgan fingerprint density at radius 2 is 2.17 bits per heavy atom. The summed E-state index contributed by atoms with van der Waals surface area (Å²) in [6.07, 6.45) is -0.541. The number of hydrogen-bond acceptors (Lipinski definition) is 4. The van der Waals surface area contributed by atoms with Gasteiger partial charge in [0, 0.05) is 18.9 Å². The maximum absolute atomic E-state index is 11.6. The molecule has 0 aliphatic carbocycles. The fraction of sp³-hybridized carbons (Fsp3) is 0.333. The lowest BCUT2D eigenvalue weighted by Crippen LogP contribution is -2.26.